The molecule has 0 saturated heterocycles. The van der Waals surface area contributed by atoms with Crippen molar-refractivity contribution in [3.05, 3.63) is 12.2 Å². The fourth-order valence-corrected chi connectivity index (χ4v) is 2.60. The lowest BCUT2D eigenvalue weighted by Gasteiger charge is -2.37. The van der Waals surface area contributed by atoms with Crippen LogP contribution >= 0.6 is 0 Å². The second-order valence-corrected chi connectivity index (χ2v) is 5.69. The molecule has 0 aromatic heterocycles. The van der Waals surface area contributed by atoms with Crippen molar-refractivity contribution in [1.29, 1.82) is 0 Å². The molecule has 0 aliphatic heterocycles. The van der Waals surface area contributed by atoms with E-state index < -0.39 is 0 Å². The van der Waals surface area contributed by atoms with Gasteiger partial charge < -0.3 is 4.74 Å². The quantitative estimate of drug-likeness (QED) is 0.306. The van der Waals surface area contributed by atoms with E-state index in [9.17, 15) is 4.79 Å². The van der Waals surface area contributed by atoms with Crippen molar-refractivity contribution < 1.29 is 9.53 Å². The summed E-state index contributed by atoms with van der Waals surface area (Å²) in [6, 6.07) is 0. The van der Waals surface area contributed by atoms with Crippen molar-refractivity contribution in [1.82, 2.24) is 0 Å². The first-order valence-corrected chi connectivity index (χ1v) is 7.82. The highest BCUT2D eigenvalue weighted by Crippen LogP contribution is 2.34. The Morgan fingerprint density at radius 2 is 1.74 bits per heavy atom. The zero-order valence-electron chi connectivity index (χ0n) is 13.6. The average Bonchev–Trinajstić information content (AvgIpc) is 2.40. The molecule has 112 valence electrons. The van der Waals surface area contributed by atoms with Gasteiger partial charge in [0, 0.05) is 5.57 Å². The maximum atomic E-state index is 11.8. The van der Waals surface area contributed by atoms with E-state index >= 15 is 0 Å². The van der Waals surface area contributed by atoms with Gasteiger partial charge in [0.05, 0.1) is 0 Å². The normalized spacial score (nSPS) is 13.1. The molecule has 2 nitrogen and oxygen atoms in total. The first kappa shape index (κ1) is 18.2. The smallest absolute Gasteiger partial charge is 0.333 e. The molecule has 0 N–H and O–H groups in total. The van der Waals surface area contributed by atoms with Crippen LogP contribution in [0.15, 0.2) is 12.2 Å². The molecule has 1 atom stereocenters. The molecule has 0 heterocycles. The van der Waals surface area contributed by atoms with Crippen LogP contribution < -0.4 is 0 Å². The summed E-state index contributed by atoms with van der Waals surface area (Å²) in [6.07, 6.45) is 7.93. The van der Waals surface area contributed by atoms with Gasteiger partial charge in [-0.25, -0.2) is 4.79 Å². The predicted octanol–water partition coefficient (Wildman–Crippen LogP) is 5.27. The van der Waals surface area contributed by atoms with Gasteiger partial charge in [0.2, 0.25) is 0 Å². The minimum Gasteiger partial charge on any atom is -0.455 e. The molecule has 0 aromatic rings. The molecule has 0 spiro atoms. The lowest BCUT2D eigenvalue weighted by molar-refractivity contribution is -0.162. The van der Waals surface area contributed by atoms with E-state index in [2.05, 4.69) is 34.3 Å². The summed E-state index contributed by atoms with van der Waals surface area (Å²) in [5.41, 5.74) is 0.173. The Morgan fingerprint density at radius 3 is 2.16 bits per heavy atom. The van der Waals surface area contributed by atoms with E-state index in [1.807, 2.05) is 0 Å². The van der Waals surface area contributed by atoms with Crippen molar-refractivity contribution in [2.75, 3.05) is 0 Å². The van der Waals surface area contributed by atoms with E-state index in [4.69, 9.17) is 4.74 Å². The third kappa shape index (κ3) is 5.80. The number of hydrogen-bond acceptors (Lipinski definition) is 2. The number of esters is 1. The second-order valence-electron chi connectivity index (χ2n) is 5.69. The zero-order chi connectivity index (χ0) is 14.9. The number of hydrogen-bond donors (Lipinski definition) is 0. The maximum absolute atomic E-state index is 11.8. The SMILES string of the molecule is C=C(C)C(=O)OC(CC)(CC)C(C)CCCCCC. The van der Waals surface area contributed by atoms with Crippen molar-refractivity contribution >= 4 is 5.97 Å². The first-order valence-electron chi connectivity index (χ1n) is 7.82. The highest BCUT2D eigenvalue weighted by molar-refractivity contribution is 5.87. The fraction of sp³-hybridized carbons (Fsp3) is 0.824. The number of carbonyl (C=O) groups excluding carboxylic acids is 1. The summed E-state index contributed by atoms with van der Waals surface area (Å²) in [5, 5.41) is 0. The fourth-order valence-electron chi connectivity index (χ4n) is 2.60. The third-order valence-corrected chi connectivity index (χ3v) is 4.23. The van der Waals surface area contributed by atoms with Gasteiger partial charge in [-0.1, -0.05) is 60.0 Å². The number of carbonyl (C=O) groups is 1. The second kappa shape index (κ2) is 9.17. The van der Waals surface area contributed by atoms with Crippen LogP contribution in [0.1, 0.15) is 79.6 Å². The van der Waals surface area contributed by atoms with Crippen LogP contribution in [0.3, 0.4) is 0 Å². The number of rotatable bonds is 10. The number of unbranched alkanes of at least 4 members (excludes halogenated alkanes) is 3. The molecule has 19 heavy (non-hydrogen) atoms. The standard InChI is InChI=1S/C17H32O2/c1-7-10-11-12-13-15(6)17(8-2,9-3)19-16(18)14(4)5/h15H,4,7-13H2,1-3,5-6H3. The van der Waals surface area contributed by atoms with Crippen LogP contribution in [0.2, 0.25) is 0 Å². The summed E-state index contributed by atoms with van der Waals surface area (Å²) in [4.78, 5) is 11.8. The Morgan fingerprint density at radius 1 is 1.16 bits per heavy atom. The Bertz CT molecular complexity index is 277. The van der Waals surface area contributed by atoms with Gasteiger partial charge in [-0.05, 0) is 32.1 Å². The Balaban J connectivity index is 4.57. The Hall–Kier alpha value is -0.790. The molecule has 0 radical (unpaired) electrons. The van der Waals surface area contributed by atoms with Crippen molar-refractivity contribution in [3.8, 4) is 0 Å². The Labute approximate surface area is 119 Å². The van der Waals surface area contributed by atoms with E-state index in [0.29, 0.717) is 11.5 Å². The molecule has 0 saturated carbocycles. The van der Waals surface area contributed by atoms with Gasteiger partial charge in [-0.15, -0.1) is 0 Å². The zero-order valence-corrected chi connectivity index (χ0v) is 13.6. The molecular weight excluding hydrogens is 236 g/mol. The van der Waals surface area contributed by atoms with Gasteiger partial charge in [-0.3, -0.25) is 0 Å². The number of ether oxygens (including phenoxy) is 1. The van der Waals surface area contributed by atoms with Gasteiger partial charge >= 0.3 is 5.97 Å². The van der Waals surface area contributed by atoms with E-state index in [-0.39, 0.29) is 11.6 Å². The van der Waals surface area contributed by atoms with Crippen LogP contribution in [0.5, 0.6) is 0 Å². The van der Waals surface area contributed by atoms with E-state index in [0.717, 1.165) is 19.3 Å². The summed E-state index contributed by atoms with van der Waals surface area (Å²) >= 11 is 0. The lowest BCUT2D eigenvalue weighted by atomic mass is 9.80. The van der Waals surface area contributed by atoms with Crippen molar-refractivity contribution in [2.24, 2.45) is 5.92 Å². The summed E-state index contributed by atoms with van der Waals surface area (Å²) in [7, 11) is 0. The molecule has 2 heteroatoms. The van der Waals surface area contributed by atoms with Crippen LogP contribution in [0.25, 0.3) is 0 Å². The maximum Gasteiger partial charge on any atom is 0.333 e. The molecular formula is C17H32O2. The predicted molar refractivity (Wildman–Crippen MR) is 82.1 cm³/mol. The highest BCUT2D eigenvalue weighted by Gasteiger charge is 2.36. The molecule has 0 aliphatic carbocycles. The minimum atomic E-state index is -0.317. The van der Waals surface area contributed by atoms with E-state index in [1.54, 1.807) is 6.92 Å². The lowest BCUT2D eigenvalue weighted by Crippen LogP contribution is -2.40. The summed E-state index contributed by atoms with van der Waals surface area (Å²) in [6.45, 7) is 14.0. The first-order chi connectivity index (χ1) is 8.93. The molecule has 0 aliphatic rings. The van der Waals surface area contributed by atoms with Crippen molar-refractivity contribution in [2.45, 2.75) is 85.2 Å². The van der Waals surface area contributed by atoms with Crippen molar-refractivity contribution in [3.63, 3.8) is 0 Å². The largest absolute Gasteiger partial charge is 0.455 e. The third-order valence-electron chi connectivity index (χ3n) is 4.23. The topological polar surface area (TPSA) is 26.3 Å². The van der Waals surface area contributed by atoms with E-state index in [1.165, 1.54) is 25.7 Å². The van der Waals surface area contributed by atoms with Gasteiger partial charge in [0.25, 0.3) is 0 Å². The molecule has 0 aromatic carbocycles. The highest BCUT2D eigenvalue weighted by atomic mass is 16.6. The van der Waals surface area contributed by atoms with Gasteiger partial charge in [-0.2, -0.15) is 0 Å². The van der Waals surface area contributed by atoms with Gasteiger partial charge in [0.1, 0.15) is 5.60 Å². The summed E-state index contributed by atoms with van der Waals surface area (Å²) in [5.74, 6) is 0.159. The van der Waals surface area contributed by atoms with Crippen LogP contribution in [-0.2, 0) is 9.53 Å². The molecule has 0 rings (SSSR count). The summed E-state index contributed by atoms with van der Waals surface area (Å²) < 4.78 is 5.78. The Kier molecular flexibility index (Phi) is 8.79. The molecule has 0 fully saturated rings. The van der Waals surface area contributed by atoms with Crippen LogP contribution in [0.4, 0.5) is 0 Å². The average molecular weight is 268 g/mol. The van der Waals surface area contributed by atoms with Crippen LogP contribution in [0, 0.1) is 5.92 Å². The molecule has 1 unspecified atom stereocenters. The van der Waals surface area contributed by atoms with Gasteiger partial charge in [0.15, 0.2) is 0 Å². The molecule has 0 amide bonds. The molecule has 0 bridgehead atoms. The van der Waals surface area contributed by atoms with Crippen LogP contribution in [-0.4, -0.2) is 11.6 Å². The monoisotopic (exact) mass is 268 g/mol. The minimum absolute atomic E-state index is 0.246.